The summed E-state index contributed by atoms with van der Waals surface area (Å²) in [5.41, 5.74) is 2.80. The smallest absolute Gasteiger partial charge is 0.320 e. The molecule has 2 aromatic carbocycles. The Labute approximate surface area is 171 Å². The molecule has 7 heteroatoms. The number of pyridine rings is 1. The molecule has 0 fully saturated rings. The number of nitrogens with zero attached hydrogens (tertiary/aromatic N) is 2. The number of hydrogen-bond donors (Lipinski definition) is 3. The number of aromatic hydroxyl groups is 1. The number of aromatic nitrogens is 2. The molecule has 0 saturated carbocycles. The predicted octanol–water partition coefficient (Wildman–Crippen LogP) is 4.37. The van der Waals surface area contributed by atoms with E-state index in [2.05, 4.69) is 26.5 Å². The highest BCUT2D eigenvalue weighted by Crippen LogP contribution is 2.33. The molecular weight excluding hydrogens is 384 g/mol. The number of fused-ring (bicyclic) bond motifs is 1. The van der Waals surface area contributed by atoms with Gasteiger partial charge in [0.1, 0.15) is 5.82 Å². The Morgan fingerprint density at radius 1 is 1.17 bits per heavy atom. The van der Waals surface area contributed by atoms with Gasteiger partial charge in [-0.05, 0) is 34.1 Å². The van der Waals surface area contributed by atoms with Crippen molar-refractivity contribution >= 4 is 34.0 Å². The van der Waals surface area contributed by atoms with Crippen molar-refractivity contribution in [3.63, 3.8) is 0 Å². The molecule has 4 aromatic rings. The lowest BCUT2D eigenvalue weighted by Crippen LogP contribution is -2.28. The first-order valence-electron chi connectivity index (χ1n) is 8.77. The normalized spacial score (nSPS) is 10.4. The fourth-order valence-electron chi connectivity index (χ4n) is 2.99. The van der Waals surface area contributed by atoms with E-state index in [9.17, 15) is 9.90 Å². The van der Waals surface area contributed by atoms with Crippen LogP contribution in [0.3, 0.4) is 0 Å². The zero-order chi connectivity index (χ0) is 20.2. The van der Waals surface area contributed by atoms with E-state index in [1.807, 2.05) is 48.5 Å². The summed E-state index contributed by atoms with van der Waals surface area (Å²) >= 11 is 1.30. The Bertz CT molecular complexity index is 1220. The van der Waals surface area contributed by atoms with Gasteiger partial charge in [0.2, 0.25) is 5.88 Å². The van der Waals surface area contributed by atoms with Crippen LogP contribution in [0.25, 0.3) is 21.9 Å². The largest absolute Gasteiger partial charge is 0.493 e. The molecule has 142 valence electrons. The molecule has 2 heterocycles. The van der Waals surface area contributed by atoms with E-state index in [1.165, 1.54) is 11.3 Å². The van der Waals surface area contributed by atoms with Crippen LogP contribution in [0, 0.1) is 12.3 Å². The quantitative estimate of drug-likeness (QED) is 0.444. The molecule has 0 radical (unpaired) electrons. The Morgan fingerprint density at radius 2 is 2.00 bits per heavy atom. The summed E-state index contributed by atoms with van der Waals surface area (Å²) in [4.78, 5) is 20.1. The maximum atomic E-state index is 12.0. The molecule has 4 rings (SSSR count). The number of carbonyl (C=O) groups is 1. The van der Waals surface area contributed by atoms with Crippen molar-refractivity contribution in [1.82, 2.24) is 15.3 Å². The zero-order valence-corrected chi connectivity index (χ0v) is 16.0. The molecule has 0 atom stereocenters. The van der Waals surface area contributed by atoms with Gasteiger partial charge in [0.05, 0.1) is 5.39 Å². The van der Waals surface area contributed by atoms with Gasteiger partial charge in [-0.25, -0.2) is 14.8 Å². The van der Waals surface area contributed by atoms with Crippen molar-refractivity contribution in [3.05, 3.63) is 70.7 Å². The van der Waals surface area contributed by atoms with Crippen molar-refractivity contribution in [1.29, 1.82) is 0 Å². The average Bonchev–Trinajstić information content (AvgIpc) is 3.20. The maximum absolute atomic E-state index is 12.0. The fraction of sp³-hybridized carbons (Fsp3) is 0.0455. The van der Waals surface area contributed by atoms with Crippen LogP contribution in [0.4, 0.5) is 10.6 Å². The lowest BCUT2D eigenvalue weighted by Gasteiger charge is -2.10. The summed E-state index contributed by atoms with van der Waals surface area (Å²) in [6.07, 6.45) is 6.86. The predicted molar refractivity (Wildman–Crippen MR) is 115 cm³/mol. The van der Waals surface area contributed by atoms with E-state index in [1.54, 1.807) is 11.6 Å². The summed E-state index contributed by atoms with van der Waals surface area (Å²) in [6, 6.07) is 15.1. The number of carbonyl (C=O) groups excluding carboxylic acids is 1. The SMILES string of the molecule is C#Cc1nc(NC(=O)NCc2ccc(-c3cccc4ccnc(O)c34)cc2)cs1. The molecule has 0 aliphatic rings. The minimum absolute atomic E-state index is 0.00977. The number of anilines is 1. The number of terminal acetylenes is 1. The highest BCUT2D eigenvalue weighted by molar-refractivity contribution is 7.10. The van der Waals surface area contributed by atoms with Gasteiger partial charge < -0.3 is 10.4 Å². The van der Waals surface area contributed by atoms with E-state index in [0.29, 0.717) is 17.4 Å². The first-order valence-corrected chi connectivity index (χ1v) is 9.65. The van der Waals surface area contributed by atoms with Crippen LogP contribution in [-0.4, -0.2) is 21.1 Å². The van der Waals surface area contributed by atoms with E-state index in [0.717, 1.165) is 27.5 Å². The average molecular weight is 400 g/mol. The third-order valence-corrected chi connectivity index (χ3v) is 5.13. The van der Waals surface area contributed by atoms with Crippen LogP contribution < -0.4 is 10.6 Å². The van der Waals surface area contributed by atoms with Gasteiger partial charge in [-0.15, -0.1) is 17.8 Å². The van der Waals surface area contributed by atoms with Gasteiger partial charge in [-0.2, -0.15) is 0 Å². The number of nitrogens with one attached hydrogen (secondary N) is 2. The summed E-state index contributed by atoms with van der Waals surface area (Å²) in [5.74, 6) is 2.87. The topological polar surface area (TPSA) is 87.1 Å². The summed E-state index contributed by atoms with van der Waals surface area (Å²) in [6.45, 7) is 0.362. The molecule has 0 unspecified atom stereocenters. The number of rotatable bonds is 4. The Morgan fingerprint density at radius 3 is 2.76 bits per heavy atom. The molecule has 0 aliphatic carbocycles. The summed E-state index contributed by atoms with van der Waals surface area (Å²) in [5, 5.41) is 19.5. The van der Waals surface area contributed by atoms with Gasteiger partial charge in [0, 0.05) is 18.1 Å². The molecule has 0 aliphatic heterocycles. The molecule has 6 nitrogen and oxygen atoms in total. The standard InChI is InChI=1S/C22H16N4O2S/c1-2-19-25-18(13-29-19)26-22(28)24-12-14-6-8-15(9-7-14)17-5-3-4-16-10-11-23-21(27)20(16)17/h1,3-11,13H,12H2,(H,23,27)(H2,24,26,28). The number of hydrogen-bond acceptors (Lipinski definition) is 5. The molecule has 2 amide bonds. The van der Waals surface area contributed by atoms with Gasteiger partial charge in [-0.3, -0.25) is 5.32 Å². The van der Waals surface area contributed by atoms with E-state index < -0.39 is 0 Å². The highest BCUT2D eigenvalue weighted by atomic mass is 32.1. The number of amides is 2. The van der Waals surface area contributed by atoms with Crippen molar-refractivity contribution in [2.75, 3.05) is 5.32 Å². The van der Waals surface area contributed by atoms with Crippen LogP contribution >= 0.6 is 11.3 Å². The van der Waals surface area contributed by atoms with Crippen LogP contribution in [0.1, 0.15) is 10.6 Å². The number of thiazole rings is 1. The van der Waals surface area contributed by atoms with Gasteiger partial charge in [0.15, 0.2) is 5.01 Å². The molecule has 0 saturated heterocycles. The maximum Gasteiger partial charge on any atom is 0.320 e. The van der Waals surface area contributed by atoms with Gasteiger partial charge >= 0.3 is 6.03 Å². The minimum atomic E-state index is -0.354. The minimum Gasteiger partial charge on any atom is -0.493 e. The van der Waals surface area contributed by atoms with Crippen LogP contribution in [0.15, 0.2) is 60.1 Å². The van der Waals surface area contributed by atoms with Crippen molar-refractivity contribution in [2.24, 2.45) is 0 Å². The second kappa shape index (κ2) is 8.00. The first kappa shape index (κ1) is 18.5. The van der Waals surface area contributed by atoms with Crippen molar-refractivity contribution in [3.8, 4) is 29.4 Å². The number of urea groups is 1. The molecular formula is C22H16N4O2S. The Hall–Kier alpha value is -3.89. The molecule has 0 spiro atoms. The highest BCUT2D eigenvalue weighted by Gasteiger charge is 2.09. The Balaban J connectivity index is 1.45. The van der Waals surface area contributed by atoms with E-state index in [4.69, 9.17) is 6.42 Å². The number of benzene rings is 2. The third kappa shape index (κ3) is 4.03. The molecule has 29 heavy (non-hydrogen) atoms. The van der Waals surface area contributed by atoms with Crippen LogP contribution in [-0.2, 0) is 6.54 Å². The van der Waals surface area contributed by atoms with E-state index >= 15 is 0 Å². The monoisotopic (exact) mass is 400 g/mol. The van der Waals surface area contributed by atoms with Gasteiger partial charge in [-0.1, -0.05) is 42.5 Å². The van der Waals surface area contributed by atoms with Crippen LogP contribution in [0.5, 0.6) is 5.88 Å². The first-order chi connectivity index (χ1) is 14.1. The van der Waals surface area contributed by atoms with E-state index in [-0.39, 0.29) is 11.9 Å². The zero-order valence-electron chi connectivity index (χ0n) is 15.2. The van der Waals surface area contributed by atoms with Gasteiger partial charge in [0.25, 0.3) is 0 Å². The second-order valence-electron chi connectivity index (χ2n) is 6.23. The fourth-order valence-corrected chi connectivity index (χ4v) is 3.55. The summed E-state index contributed by atoms with van der Waals surface area (Å²) < 4.78 is 0. The molecule has 3 N–H and O–H groups in total. The van der Waals surface area contributed by atoms with Crippen molar-refractivity contribution < 1.29 is 9.90 Å². The molecule has 2 aromatic heterocycles. The lowest BCUT2D eigenvalue weighted by molar-refractivity contribution is 0.251. The second-order valence-corrected chi connectivity index (χ2v) is 7.08. The van der Waals surface area contributed by atoms with Crippen molar-refractivity contribution in [2.45, 2.75) is 6.54 Å². The lowest BCUT2D eigenvalue weighted by atomic mass is 9.98. The van der Waals surface area contributed by atoms with Crippen LogP contribution in [0.2, 0.25) is 0 Å². The molecule has 0 bridgehead atoms. The third-order valence-electron chi connectivity index (χ3n) is 4.36. The Kier molecular flexibility index (Phi) is 5.10. The summed E-state index contributed by atoms with van der Waals surface area (Å²) in [7, 11) is 0.